The highest BCUT2D eigenvalue weighted by atomic mass is 32.2. The van der Waals surface area contributed by atoms with Crippen molar-refractivity contribution in [2.24, 2.45) is 0 Å². The molecule has 1 aliphatic heterocycles. The summed E-state index contributed by atoms with van der Waals surface area (Å²) in [6.07, 6.45) is 1.39. The van der Waals surface area contributed by atoms with Crippen LogP contribution in [0.3, 0.4) is 0 Å². The van der Waals surface area contributed by atoms with Gasteiger partial charge in [-0.25, -0.2) is 0 Å². The fourth-order valence-corrected chi connectivity index (χ4v) is 0.966. The summed E-state index contributed by atoms with van der Waals surface area (Å²) in [7, 11) is 0. The first-order chi connectivity index (χ1) is 3.43. The van der Waals surface area contributed by atoms with Gasteiger partial charge in [0.05, 0.1) is 12.7 Å². The summed E-state index contributed by atoms with van der Waals surface area (Å²) < 4.78 is 9.84. The van der Waals surface area contributed by atoms with Crippen molar-refractivity contribution < 1.29 is 8.37 Å². The van der Waals surface area contributed by atoms with E-state index in [2.05, 4.69) is 6.92 Å². The van der Waals surface area contributed by atoms with E-state index in [4.69, 9.17) is 8.37 Å². The van der Waals surface area contributed by atoms with E-state index < -0.39 is 0 Å². The third-order valence-corrected chi connectivity index (χ3v) is 1.52. The molecule has 0 spiro atoms. The van der Waals surface area contributed by atoms with Crippen LogP contribution < -0.4 is 0 Å². The standard InChI is InChI=1S/C4H8O2S/c1-2-4-3-5-7-6-4/h4H,2-3H2,1H3. The molecule has 0 saturated carbocycles. The Labute approximate surface area is 47.6 Å². The highest BCUT2D eigenvalue weighted by Crippen LogP contribution is 2.20. The van der Waals surface area contributed by atoms with Gasteiger partial charge >= 0.3 is 0 Å². The van der Waals surface area contributed by atoms with E-state index in [1.54, 1.807) is 0 Å². The van der Waals surface area contributed by atoms with Crippen molar-refractivity contribution in [3.05, 3.63) is 0 Å². The van der Waals surface area contributed by atoms with Crippen LogP contribution in [0.15, 0.2) is 0 Å². The normalized spacial score (nSPS) is 31.3. The highest BCUT2D eigenvalue weighted by Gasteiger charge is 2.14. The Morgan fingerprint density at radius 1 is 1.86 bits per heavy atom. The fourth-order valence-electron chi connectivity index (χ4n) is 0.401. The average Bonchev–Trinajstić information content (AvgIpc) is 2.14. The molecule has 0 amide bonds. The van der Waals surface area contributed by atoms with E-state index in [9.17, 15) is 0 Å². The molecule has 0 aliphatic carbocycles. The molecule has 3 heteroatoms. The SMILES string of the molecule is CCC1COSO1. The Morgan fingerprint density at radius 3 is 3.00 bits per heavy atom. The van der Waals surface area contributed by atoms with E-state index in [-0.39, 0.29) is 0 Å². The van der Waals surface area contributed by atoms with Gasteiger partial charge in [-0.3, -0.25) is 8.37 Å². The molecule has 0 aromatic heterocycles. The molecule has 0 aromatic rings. The van der Waals surface area contributed by atoms with Crippen LogP contribution in [0.25, 0.3) is 0 Å². The molecular weight excluding hydrogens is 112 g/mol. The minimum Gasteiger partial charge on any atom is -0.289 e. The molecule has 1 heterocycles. The zero-order chi connectivity index (χ0) is 5.11. The Bertz CT molecular complexity index is 51.7. The minimum atomic E-state index is 0.338. The second kappa shape index (κ2) is 2.55. The van der Waals surface area contributed by atoms with Gasteiger partial charge in [-0.1, -0.05) is 6.92 Å². The van der Waals surface area contributed by atoms with Gasteiger partial charge < -0.3 is 0 Å². The van der Waals surface area contributed by atoms with Crippen molar-refractivity contribution in [2.75, 3.05) is 6.61 Å². The lowest BCUT2D eigenvalue weighted by molar-refractivity contribution is 0.237. The molecule has 1 fully saturated rings. The molecular formula is C4H8O2S. The van der Waals surface area contributed by atoms with Gasteiger partial charge in [0.1, 0.15) is 0 Å². The molecule has 1 saturated heterocycles. The zero-order valence-corrected chi connectivity index (χ0v) is 5.03. The van der Waals surface area contributed by atoms with E-state index in [1.165, 1.54) is 0 Å². The van der Waals surface area contributed by atoms with Crippen LogP contribution in [0.5, 0.6) is 0 Å². The molecule has 0 N–H and O–H groups in total. The van der Waals surface area contributed by atoms with E-state index in [1.807, 2.05) is 0 Å². The Kier molecular flexibility index (Phi) is 1.97. The van der Waals surface area contributed by atoms with Gasteiger partial charge in [0.25, 0.3) is 0 Å². The molecule has 1 unspecified atom stereocenters. The molecule has 0 bridgehead atoms. The van der Waals surface area contributed by atoms with Gasteiger partial charge in [-0.2, -0.15) is 0 Å². The van der Waals surface area contributed by atoms with Gasteiger partial charge in [0.15, 0.2) is 12.3 Å². The molecule has 1 aliphatic rings. The van der Waals surface area contributed by atoms with Crippen LogP contribution >= 0.6 is 12.3 Å². The summed E-state index contributed by atoms with van der Waals surface area (Å²) in [5, 5.41) is 0. The molecule has 0 radical (unpaired) electrons. The van der Waals surface area contributed by atoms with Gasteiger partial charge in [0, 0.05) is 0 Å². The Balaban J connectivity index is 2.14. The second-order valence-corrected chi connectivity index (χ2v) is 2.04. The monoisotopic (exact) mass is 120 g/mol. The fraction of sp³-hybridized carbons (Fsp3) is 1.00. The van der Waals surface area contributed by atoms with E-state index >= 15 is 0 Å². The van der Waals surface area contributed by atoms with Crippen LogP contribution in [0.1, 0.15) is 13.3 Å². The van der Waals surface area contributed by atoms with Crippen LogP contribution in [-0.4, -0.2) is 12.7 Å². The summed E-state index contributed by atoms with van der Waals surface area (Å²) >= 11 is 1.11. The number of hydrogen-bond acceptors (Lipinski definition) is 3. The lowest BCUT2D eigenvalue weighted by Crippen LogP contribution is -2.05. The zero-order valence-electron chi connectivity index (χ0n) is 4.22. The van der Waals surface area contributed by atoms with Crippen LogP contribution in [-0.2, 0) is 8.37 Å². The molecule has 7 heavy (non-hydrogen) atoms. The topological polar surface area (TPSA) is 18.5 Å². The predicted molar refractivity (Wildman–Crippen MR) is 28.7 cm³/mol. The quantitative estimate of drug-likeness (QED) is 0.487. The maximum absolute atomic E-state index is 5.00. The Hall–Kier alpha value is 0.270. The molecule has 1 atom stereocenters. The summed E-state index contributed by atoms with van der Waals surface area (Å²) in [5.41, 5.74) is 0. The van der Waals surface area contributed by atoms with E-state index in [0.29, 0.717) is 6.10 Å². The van der Waals surface area contributed by atoms with Crippen LogP contribution in [0.2, 0.25) is 0 Å². The van der Waals surface area contributed by atoms with Crippen molar-refractivity contribution in [1.29, 1.82) is 0 Å². The van der Waals surface area contributed by atoms with Crippen molar-refractivity contribution >= 4 is 12.3 Å². The summed E-state index contributed by atoms with van der Waals surface area (Å²) in [6, 6.07) is 0. The first-order valence-electron chi connectivity index (χ1n) is 2.38. The van der Waals surface area contributed by atoms with Gasteiger partial charge in [0.2, 0.25) is 0 Å². The number of hydrogen-bond donors (Lipinski definition) is 0. The van der Waals surface area contributed by atoms with E-state index in [0.717, 1.165) is 25.4 Å². The van der Waals surface area contributed by atoms with Crippen LogP contribution in [0, 0.1) is 0 Å². The molecule has 1 rings (SSSR count). The maximum atomic E-state index is 5.00. The summed E-state index contributed by atoms with van der Waals surface area (Å²) in [6.45, 7) is 2.83. The lowest BCUT2D eigenvalue weighted by atomic mass is 10.3. The van der Waals surface area contributed by atoms with Crippen LogP contribution in [0.4, 0.5) is 0 Å². The second-order valence-electron chi connectivity index (χ2n) is 1.48. The highest BCUT2D eigenvalue weighted by molar-refractivity contribution is 7.90. The third kappa shape index (κ3) is 1.33. The van der Waals surface area contributed by atoms with Crippen molar-refractivity contribution in [2.45, 2.75) is 19.4 Å². The summed E-state index contributed by atoms with van der Waals surface area (Å²) in [4.78, 5) is 0. The first-order valence-corrected chi connectivity index (χ1v) is 3.05. The van der Waals surface area contributed by atoms with Gasteiger partial charge in [-0.15, -0.1) is 0 Å². The Morgan fingerprint density at radius 2 is 2.71 bits per heavy atom. The average molecular weight is 120 g/mol. The maximum Gasteiger partial charge on any atom is 0.159 e. The summed E-state index contributed by atoms with van der Waals surface area (Å²) in [5.74, 6) is 0. The third-order valence-electron chi connectivity index (χ3n) is 0.933. The van der Waals surface area contributed by atoms with Crippen molar-refractivity contribution in [1.82, 2.24) is 0 Å². The molecule has 0 aromatic carbocycles. The smallest absolute Gasteiger partial charge is 0.159 e. The van der Waals surface area contributed by atoms with Gasteiger partial charge in [-0.05, 0) is 6.42 Å². The van der Waals surface area contributed by atoms with Crippen molar-refractivity contribution in [3.63, 3.8) is 0 Å². The first kappa shape index (κ1) is 5.41. The van der Waals surface area contributed by atoms with Crippen molar-refractivity contribution in [3.8, 4) is 0 Å². The largest absolute Gasteiger partial charge is 0.289 e. The molecule has 42 valence electrons. The number of rotatable bonds is 1. The minimum absolute atomic E-state index is 0.338. The molecule has 2 nitrogen and oxygen atoms in total. The predicted octanol–water partition coefficient (Wildman–Crippen LogP) is 1.38. The lowest BCUT2D eigenvalue weighted by Gasteiger charge is -1.95.